The maximum atomic E-state index is 13.7. The van der Waals surface area contributed by atoms with Gasteiger partial charge in [0.1, 0.15) is 0 Å². The number of piperidine rings is 1. The lowest BCUT2D eigenvalue weighted by molar-refractivity contribution is -0.138. The van der Waals surface area contributed by atoms with Crippen LogP contribution in [0.5, 0.6) is 0 Å². The average molecular weight is 491 g/mol. The van der Waals surface area contributed by atoms with Crippen molar-refractivity contribution in [1.29, 1.82) is 0 Å². The van der Waals surface area contributed by atoms with Crippen LogP contribution in [0.4, 0.5) is 19.1 Å². The second-order valence-electron chi connectivity index (χ2n) is 8.12. The molecule has 0 radical (unpaired) electrons. The Hall–Kier alpha value is -3.27. The number of nitrogens with one attached hydrogen (secondary N) is 1. The number of hydrogen-bond acceptors (Lipinski definition) is 6. The topological polar surface area (TPSA) is 83.9 Å². The summed E-state index contributed by atoms with van der Waals surface area (Å²) in [6.07, 6.45) is 1.92. The standard InChI is InChI=1S/C23H22ClF3N6O/c1-14-4-2-9-33(19(14)13-32-22-30-11-15(12-31-22)23(25,26)27)21(34)18-10-16(24)5-6-17(18)20-28-7-3-8-29-20/h3,5-8,10-12,14,19H,2,4,9,13H2,1H3,(H,30,31,32)/t14-,19?/m1/s1. The summed E-state index contributed by atoms with van der Waals surface area (Å²) in [4.78, 5) is 31.5. The van der Waals surface area contributed by atoms with E-state index in [9.17, 15) is 18.0 Å². The van der Waals surface area contributed by atoms with E-state index in [-0.39, 0.29) is 30.4 Å². The predicted octanol–water partition coefficient (Wildman–Crippen LogP) is 4.96. The third kappa shape index (κ3) is 5.27. The van der Waals surface area contributed by atoms with Crippen molar-refractivity contribution in [3.8, 4) is 11.4 Å². The second-order valence-corrected chi connectivity index (χ2v) is 8.56. The molecule has 11 heteroatoms. The van der Waals surface area contributed by atoms with Crippen LogP contribution in [0, 0.1) is 5.92 Å². The largest absolute Gasteiger partial charge is 0.419 e. The zero-order valence-corrected chi connectivity index (χ0v) is 19.0. The van der Waals surface area contributed by atoms with Crippen LogP contribution in [0.1, 0.15) is 35.7 Å². The molecule has 1 aliphatic heterocycles. The van der Waals surface area contributed by atoms with Gasteiger partial charge in [0.05, 0.1) is 17.2 Å². The number of halogens is 4. The lowest BCUT2D eigenvalue weighted by Crippen LogP contribution is -2.51. The van der Waals surface area contributed by atoms with Crippen molar-refractivity contribution in [2.45, 2.75) is 32.0 Å². The minimum absolute atomic E-state index is 0.0688. The molecule has 1 N–H and O–H groups in total. The highest BCUT2D eigenvalue weighted by Crippen LogP contribution is 2.30. The van der Waals surface area contributed by atoms with Gasteiger partial charge >= 0.3 is 6.18 Å². The van der Waals surface area contributed by atoms with Gasteiger partial charge in [-0.05, 0) is 43.0 Å². The summed E-state index contributed by atoms with van der Waals surface area (Å²) in [6.45, 7) is 2.86. The molecule has 0 aliphatic carbocycles. The summed E-state index contributed by atoms with van der Waals surface area (Å²) in [5.74, 6) is 0.423. The van der Waals surface area contributed by atoms with Crippen LogP contribution >= 0.6 is 11.6 Å². The van der Waals surface area contributed by atoms with Crippen LogP contribution in [-0.2, 0) is 6.18 Å². The Morgan fingerprint density at radius 3 is 2.56 bits per heavy atom. The maximum Gasteiger partial charge on any atom is 0.419 e. The molecule has 178 valence electrons. The van der Waals surface area contributed by atoms with E-state index in [2.05, 4.69) is 25.3 Å². The van der Waals surface area contributed by atoms with Gasteiger partial charge in [-0.1, -0.05) is 18.5 Å². The minimum atomic E-state index is -4.50. The molecule has 2 aromatic heterocycles. The number of alkyl halides is 3. The Labute approximate surface area is 199 Å². The third-order valence-electron chi connectivity index (χ3n) is 5.84. The van der Waals surface area contributed by atoms with Crippen LogP contribution < -0.4 is 5.32 Å². The molecule has 1 amide bonds. The fourth-order valence-electron chi connectivity index (χ4n) is 4.06. The summed E-state index contributed by atoms with van der Waals surface area (Å²) in [5.41, 5.74) is 0.0482. The van der Waals surface area contributed by atoms with E-state index in [4.69, 9.17) is 11.6 Å². The Bertz CT molecular complexity index is 1140. The lowest BCUT2D eigenvalue weighted by atomic mass is 9.89. The van der Waals surface area contributed by atoms with E-state index in [1.165, 1.54) is 0 Å². The molecule has 2 atom stereocenters. The highest BCUT2D eigenvalue weighted by atomic mass is 35.5. The van der Waals surface area contributed by atoms with Crippen LogP contribution in [0.2, 0.25) is 5.02 Å². The zero-order valence-electron chi connectivity index (χ0n) is 18.3. The van der Waals surface area contributed by atoms with E-state index >= 15 is 0 Å². The van der Waals surface area contributed by atoms with Crippen LogP contribution in [-0.4, -0.2) is 49.9 Å². The van der Waals surface area contributed by atoms with Gasteiger partial charge in [-0.2, -0.15) is 13.2 Å². The summed E-state index contributed by atoms with van der Waals surface area (Å²) >= 11 is 6.22. The molecule has 34 heavy (non-hydrogen) atoms. The molecular weight excluding hydrogens is 469 g/mol. The van der Waals surface area contributed by atoms with Crippen LogP contribution in [0.25, 0.3) is 11.4 Å². The number of nitrogens with zero attached hydrogens (tertiary/aromatic N) is 5. The Balaban J connectivity index is 1.57. The minimum Gasteiger partial charge on any atom is -0.352 e. The van der Waals surface area contributed by atoms with Gasteiger partial charge in [0, 0.05) is 48.5 Å². The SMILES string of the molecule is C[C@@H]1CCCN(C(=O)c2cc(Cl)ccc2-c2ncccn2)C1CNc1ncc(C(F)(F)F)cn1. The Kier molecular flexibility index (Phi) is 6.97. The summed E-state index contributed by atoms with van der Waals surface area (Å²) in [6, 6.07) is 6.48. The van der Waals surface area contributed by atoms with Crippen molar-refractivity contribution < 1.29 is 18.0 Å². The molecule has 1 unspecified atom stereocenters. The predicted molar refractivity (Wildman–Crippen MR) is 121 cm³/mol. The van der Waals surface area contributed by atoms with E-state index in [1.54, 1.807) is 41.6 Å². The molecule has 3 heterocycles. The average Bonchev–Trinajstić information content (AvgIpc) is 2.83. The monoisotopic (exact) mass is 490 g/mol. The molecule has 1 saturated heterocycles. The number of hydrogen-bond donors (Lipinski definition) is 1. The van der Waals surface area contributed by atoms with E-state index < -0.39 is 11.7 Å². The zero-order chi connectivity index (χ0) is 24.3. The molecule has 0 saturated carbocycles. The molecular formula is C23H22ClF3N6O. The molecule has 1 aliphatic rings. The number of anilines is 1. The van der Waals surface area contributed by atoms with Gasteiger partial charge in [-0.25, -0.2) is 19.9 Å². The summed E-state index contributed by atoms with van der Waals surface area (Å²) in [5, 5.41) is 3.40. The number of amides is 1. The number of carbonyl (C=O) groups excluding carboxylic acids is 1. The number of benzene rings is 1. The third-order valence-corrected chi connectivity index (χ3v) is 6.08. The van der Waals surface area contributed by atoms with E-state index in [0.717, 1.165) is 25.2 Å². The molecule has 7 nitrogen and oxygen atoms in total. The second kappa shape index (κ2) is 9.92. The number of aromatic nitrogens is 4. The van der Waals surface area contributed by atoms with Crippen molar-refractivity contribution in [2.24, 2.45) is 5.92 Å². The Morgan fingerprint density at radius 2 is 1.88 bits per heavy atom. The van der Waals surface area contributed by atoms with Gasteiger partial charge in [-0.3, -0.25) is 4.79 Å². The van der Waals surface area contributed by atoms with E-state index in [0.29, 0.717) is 28.5 Å². The summed E-state index contributed by atoms with van der Waals surface area (Å²) in [7, 11) is 0. The van der Waals surface area contributed by atoms with Crippen molar-refractivity contribution in [2.75, 3.05) is 18.4 Å². The van der Waals surface area contributed by atoms with Gasteiger partial charge in [-0.15, -0.1) is 0 Å². The first-order chi connectivity index (χ1) is 16.2. The van der Waals surface area contributed by atoms with E-state index in [1.807, 2.05) is 6.92 Å². The molecule has 0 bridgehead atoms. The molecule has 0 spiro atoms. The maximum absolute atomic E-state index is 13.7. The lowest BCUT2D eigenvalue weighted by Gasteiger charge is -2.40. The van der Waals surface area contributed by atoms with Gasteiger partial charge < -0.3 is 10.2 Å². The van der Waals surface area contributed by atoms with Gasteiger partial charge in [0.15, 0.2) is 5.82 Å². The smallest absolute Gasteiger partial charge is 0.352 e. The Morgan fingerprint density at radius 1 is 1.18 bits per heavy atom. The quantitative estimate of drug-likeness (QED) is 0.544. The number of rotatable bonds is 5. The fourth-order valence-corrected chi connectivity index (χ4v) is 4.23. The first-order valence-electron chi connectivity index (χ1n) is 10.7. The number of carbonyl (C=O) groups is 1. The van der Waals surface area contributed by atoms with Crippen molar-refractivity contribution in [3.05, 3.63) is 65.2 Å². The molecule has 1 aromatic carbocycles. The first-order valence-corrected chi connectivity index (χ1v) is 11.1. The summed E-state index contributed by atoms with van der Waals surface area (Å²) < 4.78 is 38.3. The van der Waals surface area contributed by atoms with Gasteiger partial charge in [0.2, 0.25) is 5.95 Å². The highest BCUT2D eigenvalue weighted by molar-refractivity contribution is 6.31. The number of likely N-dealkylation sites (tertiary alicyclic amines) is 1. The van der Waals surface area contributed by atoms with Crippen LogP contribution in [0.15, 0.2) is 49.1 Å². The van der Waals surface area contributed by atoms with Crippen molar-refractivity contribution >= 4 is 23.5 Å². The normalized spacial score (nSPS) is 18.6. The molecule has 4 rings (SSSR count). The van der Waals surface area contributed by atoms with Crippen LogP contribution in [0.3, 0.4) is 0 Å². The van der Waals surface area contributed by atoms with Crippen molar-refractivity contribution in [1.82, 2.24) is 24.8 Å². The van der Waals surface area contributed by atoms with Gasteiger partial charge in [0.25, 0.3) is 5.91 Å². The first kappa shape index (κ1) is 23.9. The molecule has 1 fully saturated rings. The van der Waals surface area contributed by atoms with Crippen molar-refractivity contribution in [3.63, 3.8) is 0 Å². The molecule has 3 aromatic rings. The fraction of sp³-hybridized carbons (Fsp3) is 0.348. The highest BCUT2D eigenvalue weighted by Gasteiger charge is 2.34.